The molecule has 0 unspecified atom stereocenters. The third kappa shape index (κ3) is 4.23. The summed E-state index contributed by atoms with van der Waals surface area (Å²) in [4.78, 5) is 16.8. The zero-order valence-corrected chi connectivity index (χ0v) is 17.4. The van der Waals surface area contributed by atoms with Gasteiger partial charge >= 0.3 is 0 Å². The topological polar surface area (TPSA) is 113 Å². The van der Waals surface area contributed by atoms with Crippen molar-refractivity contribution >= 4 is 35.0 Å². The molecular formula is C22H15ClN4O2S. The highest BCUT2D eigenvalue weighted by atomic mass is 35.5. The maximum absolute atomic E-state index is 12.6. The SMILES string of the molecule is COc1cccc(C(=O)CSc2nc(N)c(C#N)c(-c3ccccc3Cl)c2C#N)c1. The van der Waals surface area contributed by atoms with E-state index in [9.17, 15) is 15.3 Å². The van der Waals surface area contributed by atoms with Crippen LogP contribution in [0.4, 0.5) is 5.82 Å². The monoisotopic (exact) mass is 434 g/mol. The molecule has 0 aliphatic rings. The Bertz CT molecular complexity index is 1210. The van der Waals surface area contributed by atoms with E-state index in [1.807, 2.05) is 6.07 Å². The minimum atomic E-state index is -0.160. The molecule has 0 bridgehead atoms. The van der Waals surface area contributed by atoms with E-state index >= 15 is 0 Å². The summed E-state index contributed by atoms with van der Waals surface area (Å²) in [5.41, 5.74) is 7.52. The van der Waals surface area contributed by atoms with Crippen LogP contribution in [0.25, 0.3) is 11.1 Å². The number of nitrogens with zero attached hydrogens (tertiary/aromatic N) is 3. The van der Waals surface area contributed by atoms with Gasteiger partial charge in [-0.2, -0.15) is 10.5 Å². The third-order valence-electron chi connectivity index (χ3n) is 4.29. The van der Waals surface area contributed by atoms with Gasteiger partial charge in [0.15, 0.2) is 5.78 Å². The molecule has 1 aromatic heterocycles. The van der Waals surface area contributed by atoms with Crippen LogP contribution in [0.3, 0.4) is 0 Å². The Hall–Kier alpha value is -3.52. The van der Waals surface area contributed by atoms with E-state index in [0.717, 1.165) is 11.8 Å². The van der Waals surface area contributed by atoms with Crippen LogP contribution in [-0.4, -0.2) is 23.6 Å². The van der Waals surface area contributed by atoms with Crippen molar-refractivity contribution in [3.63, 3.8) is 0 Å². The maximum atomic E-state index is 12.6. The van der Waals surface area contributed by atoms with Crippen LogP contribution in [0.15, 0.2) is 53.6 Å². The molecule has 3 aromatic rings. The van der Waals surface area contributed by atoms with Crippen molar-refractivity contribution in [2.75, 3.05) is 18.6 Å². The van der Waals surface area contributed by atoms with Gasteiger partial charge in [-0.25, -0.2) is 4.98 Å². The molecule has 6 nitrogen and oxygen atoms in total. The number of anilines is 1. The number of nitriles is 2. The van der Waals surface area contributed by atoms with Crippen molar-refractivity contribution in [1.29, 1.82) is 10.5 Å². The Morgan fingerprint density at radius 2 is 1.90 bits per heavy atom. The first-order valence-corrected chi connectivity index (χ1v) is 10.0. The predicted octanol–water partition coefficient (Wildman–Crippen LogP) is 4.71. The first kappa shape index (κ1) is 21.2. The summed E-state index contributed by atoms with van der Waals surface area (Å²) in [6, 6.07) is 17.8. The molecule has 0 saturated carbocycles. The van der Waals surface area contributed by atoms with Crippen LogP contribution in [-0.2, 0) is 0 Å². The quantitative estimate of drug-likeness (QED) is 0.441. The highest BCUT2D eigenvalue weighted by Gasteiger charge is 2.22. The fourth-order valence-electron chi connectivity index (χ4n) is 2.85. The van der Waals surface area contributed by atoms with Gasteiger partial charge in [-0.1, -0.05) is 53.7 Å². The number of nitrogens with two attached hydrogens (primary N) is 1. The molecule has 0 aliphatic heterocycles. The lowest BCUT2D eigenvalue weighted by molar-refractivity contribution is 0.102. The van der Waals surface area contributed by atoms with Crippen molar-refractivity contribution in [2.24, 2.45) is 0 Å². The Morgan fingerprint density at radius 3 is 2.57 bits per heavy atom. The molecule has 0 aliphatic carbocycles. The van der Waals surface area contributed by atoms with Crippen molar-refractivity contribution in [1.82, 2.24) is 4.98 Å². The third-order valence-corrected chi connectivity index (χ3v) is 5.60. The van der Waals surface area contributed by atoms with Crippen molar-refractivity contribution < 1.29 is 9.53 Å². The van der Waals surface area contributed by atoms with E-state index in [2.05, 4.69) is 11.1 Å². The van der Waals surface area contributed by atoms with Gasteiger partial charge in [0.05, 0.1) is 18.4 Å². The number of nitrogen functional groups attached to an aromatic ring is 1. The maximum Gasteiger partial charge on any atom is 0.173 e. The van der Waals surface area contributed by atoms with Gasteiger partial charge in [0.1, 0.15) is 34.3 Å². The number of rotatable bonds is 6. The van der Waals surface area contributed by atoms with Crippen molar-refractivity contribution in [2.45, 2.75) is 5.03 Å². The van der Waals surface area contributed by atoms with E-state index < -0.39 is 0 Å². The molecule has 8 heteroatoms. The minimum Gasteiger partial charge on any atom is -0.497 e. The van der Waals surface area contributed by atoms with E-state index in [-0.39, 0.29) is 33.5 Å². The van der Waals surface area contributed by atoms with E-state index in [1.54, 1.807) is 48.5 Å². The minimum absolute atomic E-state index is 0.0252. The smallest absolute Gasteiger partial charge is 0.173 e. The summed E-state index contributed by atoms with van der Waals surface area (Å²) in [6.07, 6.45) is 0. The van der Waals surface area contributed by atoms with Gasteiger partial charge in [0.2, 0.25) is 0 Å². The molecule has 148 valence electrons. The summed E-state index contributed by atoms with van der Waals surface area (Å²) in [5.74, 6) is 0.419. The zero-order valence-electron chi connectivity index (χ0n) is 15.8. The number of benzene rings is 2. The van der Waals surface area contributed by atoms with Gasteiger partial charge in [0, 0.05) is 21.7 Å². The molecule has 0 saturated heterocycles. The lowest BCUT2D eigenvalue weighted by atomic mass is 9.97. The fourth-order valence-corrected chi connectivity index (χ4v) is 3.97. The highest BCUT2D eigenvalue weighted by molar-refractivity contribution is 8.00. The van der Waals surface area contributed by atoms with E-state index in [4.69, 9.17) is 22.1 Å². The number of halogens is 1. The molecule has 0 atom stereocenters. The van der Waals surface area contributed by atoms with Crippen molar-refractivity contribution in [3.8, 4) is 29.0 Å². The number of ether oxygens (including phenoxy) is 1. The van der Waals surface area contributed by atoms with Crippen LogP contribution >= 0.6 is 23.4 Å². The number of ketones is 1. The fraction of sp³-hybridized carbons (Fsp3) is 0.0909. The second-order valence-electron chi connectivity index (χ2n) is 6.07. The standard InChI is InChI=1S/C22H15ClN4O2S/c1-29-14-6-4-5-13(9-14)19(28)12-30-22-17(11-25)20(16(10-24)21(26)27-22)15-7-2-3-8-18(15)23/h2-9H,12H2,1H3,(H2,26,27). The molecule has 2 aromatic carbocycles. The second kappa shape index (κ2) is 9.32. The molecule has 0 radical (unpaired) electrons. The Kier molecular flexibility index (Phi) is 6.58. The van der Waals surface area contributed by atoms with E-state index in [0.29, 0.717) is 27.5 Å². The van der Waals surface area contributed by atoms with E-state index in [1.165, 1.54) is 7.11 Å². The molecule has 0 fully saturated rings. The number of hydrogen-bond donors (Lipinski definition) is 1. The molecule has 30 heavy (non-hydrogen) atoms. The number of hydrogen-bond acceptors (Lipinski definition) is 7. The first-order valence-electron chi connectivity index (χ1n) is 8.68. The number of thioether (sulfide) groups is 1. The van der Waals surface area contributed by atoms with Crippen LogP contribution in [0, 0.1) is 22.7 Å². The van der Waals surface area contributed by atoms with Gasteiger partial charge < -0.3 is 10.5 Å². The molecule has 1 heterocycles. The number of aromatic nitrogens is 1. The summed E-state index contributed by atoms with van der Waals surface area (Å²) in [6.45, 7) is 0. The predicted molar refractivity (Wildman–Crippen MR) is 117 cm³/mol. The highest BCUT2D eigenvalue weighted by Crippen LogP contribution is 2.38. The van der Waals surface area contributed by atoms with Crippen LogP contribution in [0.1, 0.15) is 21.5 Å². The molecular weight excluding hydrogens is 420 g/mol. The Balaban J connectivity index is 2.02. The molecule has 0 amide bonds. The first-order chi connectivity index (χ1) is 14.5. The van der Waals surface area contributed by atoms with Crippen molar-refractivity contribution in [3.05, 3.63) is 70.2 Å². The number of carbonyl (C=O) groups excluding carboxylic acids is 1. The largest absolute Gasteiger partial charge is 0.497 e. The average Bonchev–Trinajstić information content (AvgIpc) is 2.77. The second-order valence-corrected chi connectivity index (χ2v) is 7.45. The number of methoxy groups -OCH3 is 1. The van der Waals surface area contributed by atoms with Gasteiger partial charge in [-0.05, 0) is 18.2 Å². The molecule has 0 spiro atoms. The number of carbonyl (C=O) groups is 1. The summed E-state index contributed by atoms with van der Waals surface area (Å²) < 4.78 is 5.15. The van der Waals surface area contributed by atoms with Crippen LogP contribution in [0.5, 0.6) is 5.75 Å². The normalized spacial score (nSPS) is 10.1. The van der Waals surface area contributed by atoms with Crippen LogP contribution < -0.4 is 10.5 Å². The average molecular weight is 435 g/mol. The molecule has 2 N–H and O–H groups in total. The summed E-state index contributed by atoms with van der Waals surface area (Å²) in [7, 11) is 1.53. The number of Topliss-reactive ketones (excluding diaryl/α,β-unsaturated/α-hetero) is 1. The Morgan fingerprint density at radius 1 is 1.17 bits per heavy atom. The lowest BCUT2D eigenvalue weighted by Gasteiger charge is -2.14. The summed E-state index contributed by atoms with van der Waals surface area (Å²) >= 11 is 7.38. The Labute approximate surface area is 182 Å². The zero-order chi connectivity index (χ0) is 21.7. The number of pyridine rings is 1. The van der Waals surface area contributed by atoms with Crippen LogP contribution in [0.2, 0.25) is 5.02 Å². The summed E-state index contributed by atoms with van der Waals surface area (Å²) in [5, 5.41) is 20.0. The molecule has 3 rings (SSSR count). The van der Waals surface area contributed by atoms with Gasteiger partial charge in [-0.15, -0.1) is 0 Å². The van der Waals surface area contributed by atoms with Gasteiger partial charge in [0.25, 0.3) is 0 Å². The van der Waals surface area contributed by atoms with Gasteiger partial charge in [-0.3, -0.25) is 4.79 Å². The lowest BCUT2D eigenvalue weighted by Crippen LogP contribution is -2.06.